The van der Waals surface area contributed by atoms with Crippen LogP contribution in [0.15, 0.2) is 59.0 Å². The van der Waals surface area contributed by atoms with E-state index in [4.69, 9.17) is 4.74 Å². The molecule has 1 aromatic carbocycles. The second kappa shape index (κ2) is 8.59. The summed E-state index contributed by atoms with van der Waals surface area (Å²) in [6, 6.07) is 13.4. The highest BCUT2D eigenvalue weighted by atomic mass is 32.1. The Kier molecular flexibility index (Phi) is 5.73. The molecule has 8 heteroatoms. The summed E-state index contributed by atoms with van der Waals surface area (Å²) in [7, 11) is 0. The zero-order valence-corrected chi connectivity index (χ0v) is 17.4. The van der Waals surface area contributed by atoms with E-state index in [9.17, 15) is 9.59 Å². The van der Waals surface area contributed by atoms with Gasteiger partial charge in [-0.15, -0.1) is 22.7 Å². The van der Waals surface area contributed by atoms with Crippen LogP contribution in [0.3, 0.4) is 0 Å². The van der Waals surface area contributed by atoms with E-state index in [-0.39, 0.29) is 18.0 Å². The minimum Gasteiger partial charge on any atom is -0.492 e. The molecule has 148 valence electrons. The first kappa shape index (κ1) is 19.4. The largest absolute Gasteiger partial charge is 0.492 e. The number of para-hydroxylation sites is 1. The van der Waals surface area contributed by atoms with Gasteiger partial charge in [0.05, 0.1) is 18.3 Å². The fourth-order valence-electron chi connectivity index (χ4n) is 2.93. The van der Waals surface area contributed by atoms with Gasteiger partial charge in [-0.05, 0) is 31.2 Å². The van der Waals surface area contributed by atoms with Gasteiger partial charge in [0.15, 0.2) is 0 Å². The number of carbonyl (C=O) groups excluding carboxylic acids is 1. The van der Waals surface area contributed by atoms with E-state index in [1.54, 1.807) is 11.3 Å². The minimum atomic E-state index is -0.256. The first-order valence-electron chi connectivity index (χ1n) is 9.10. The average molecular weight is 426 g/mol. The minimum absolute atomic E-state index is 0.0775. The molecule has 1 N–H and O–H groups in total. The lowest BCUT2D eigenvalue weighted by Crippen LogP contribution is -2.34. The van der Waals surface area contributed by atoms with Crippen molar-refractivity contribution in [3.63, 3.8) is 0 Å². The Morgan fingerprint density at radius 2 is 2.03 bits per heavy atom. The van der Waals surface area contributed by atoms with Gasteiger partial charge in [0.2, 0.25) is 5.91 Å². The molecule has 3 heterocycles. The van der Waals surface area contributed by atoms with Gasteiger partial charge in [-0.25, -0.2) is 4.98 Å². The van der Waals surface area contributed by atoms with E-state index in [1.165, 1.54) is 27.1 Å². The van der Waals surface area contributed by atoms with E-state index in [1.807, 2.05) is 54.8 Å². The van der Waals surface area contributed by atoms with Gasteiger partial charge >= 0.3 is 0 Å². The summed E-state index contributed by atoms with van der Waals surface area (Å²) in [5, 5.41) is 5.30. The molecule has 0 aliphatic heterocycles. The van der Waals surface area contributed by atoms with Crippen LogP contribution in [0.4, 0.5) is 0 Å². The Morgan fingerprint density at radius 3 is 2.79 bits per heavy atom. The number of fused-ring (bicyclic) bond motifs is 1. The molecular formula is C21H19N3O3S2. The molecule has 3 aromatic heterocycles. The molecule has 4 aromatic rings. The predicted molar refractivity (Wildman–Crippen MR) is 117 cm³/mol. The molecule has 0 fully saturated rings. The fourth-order valence-corrected chi connectivity index (χ4v) is 4.79. The molecule has 29 heavy (non-hydrogen) atoms. The van der Waals surface area contributed by atoms with E-state index < -0.39 is 0 Å². The van der Waals surface area contributed by atoms with Gasteiger partial charge in [0.25, 0.3) is 5.56 Å². The molecule has 0 spiro atoms. The normalized spacial score (nSPS) is 10.9. The SMILES string of the molecule is Cc1ccc(-c2csc3ncn(CC(=O)NCCOc4ccccc4)c(=O)c23)s1. The molecule has 0 atom stereocenters. The number of hydrogen-bond donors (Lipinski definition) is 1. The van der Waals surface area contributed by atoms with Crippen LogP contribution < -0.4 is 15.6 Å². The van der Waals surface area contributed by atoms with Crippen molar-refractivity contribution < 1.29 is 9.53 Å². The van der Waals surface area contributed by atoms with Gasteiger partial charge in [-0.1, -0.05) is 18.2 Å². The Morgan fingerprint density at radius 1 is 1.21 bits per heavy atom. The molecule has 0 aliphatic carbocycles. The van der Waals surface area contributed by atoms with Gasteiger partial charge < -0.3 is 10.1 Å². The number of ether oxygens (including phenoxy) is 1. The summed E-state index contributed by atoms with van der Waals surface area (Å²) in [5.41, 5.74) is 0.680. The van der Waals surface area contributed by atoms with E-state index in [2.05, 4.69) is 10.3 Å². The first-order chi connectivity index (χ1) is 14.1. The zero-order valence-electron chi connectivity index (χ0n) is 15.8. The third-order valence-corrected chi connectivity index (χ3v) is 6.24. The van der Waals surface area contributed by atoms with Crippen LogP contribution in [0, 0.1) is 6.92 Å². The summed E-state index contributed by atoms with van der Waals surface area (Å²) in [6.07, 6.45) is 1.44. The Bertz CT molecular complexity index is 1190. The monoisotopic (exact) mass is 425 g/mol. The third kappa shape index (κ3) is 4.38. The molecule has 0 radical (unpaired) electrons. The van der Waals surface area contributed by atoms with Crippen molar-refractivity contribution in [3.8, 4) is 16.2 Å². The van der Waals surface area contributed by atoms with Crippen molar-refractivity contribution in [3.05, 3.63) is 69.4 Å². The van der Waals surface area contributed by atoms with Crippen LogP contribution in [0.2, 0.25) is 0 Å². The quantitative estimate of drug-likeness (QED) is 0.459. The standard InChI is InChI=1S/C21H19N3O3S2/c1-14-7-8-17(29-14)16-12-28-20-19(16)21(26)24(13-23-20)11-18(25)22-9-10-27-15-5-3-2-4-6-15/h2-8,12-13H,9-11H2,1H3,(H,22,25). The summed E-state index contributed by atoms with van der Waals surface area (Å²) < 4.78 is 6.90. The number of rotatable bonds is 7. The van der Waals surface area contributed by atoms with Gasteiger partial charge in [0, 0.05) is 20.7 Å². The highest BCUT2D eigenvalue weighted by Crippen LogP contribution is 2.34. The highest BCUT2D eigenvalue weighted by molar-refractivity contribution is 7.19. The van der Waals surface area contributed by atoms with Crippen molar-refractivity contribution in [1.29, 1.82) is 0 Å². The molecule has 0 bridgehead atoms. The van der Waals surface area contributed by atoms with Crippen molar-refractivity contribution in [2.45, 2.75) is 13.5 Å². The molecule has 0 unspecified atom stereocenters. The number of nitrogens with zero attached hydrogens (tertiary/aromatic N) is 2. The number of benzene rings is 1. The lowest BCUT2D eigenvalue weighted by molar-refractivity contribution is -0.121. The maximum Gasteiger partial charge on any atom is 0.263 e. The third-order valence-electron chi connectivity index (χ3n) is 4.32. The van der Waals surface area contributed by atoms with E-state index in [0.29, 0.717) is 23.4 Å². The van der Waals surface area contributed by atoms with Crippen LogP contribution in [-0.4, -0.2) is 28.6 Å². The number of aromatic nitrogens is 2. The summed E-state index contributed by atoms with van der Waals surface area (Å²) in [6.45, 7) is 2.67. The maximum atomic E-state index is 13.0. The Balaban J connectivity index is 1.43. The van der Waals surface area contributed by atoms with Crippen molar-refractivity contribution in [2.75, 3.05) is 13.2 Å². The van der Waals surface area contributed by atoms with E-state index >= 15 is 0 Å². The molecule has 0 saturated heterocycles. The molecular weight excluding hydrogens is 406 g/mol. The summed E-state index contributed by atoms with van der Waals surface area (Å²) in [5.74, 6) is 0.495. The van der Waals surface area contributed by atoms with E-state index in [0.717, 1.165) is 16.2 Å². The second-order valence-electron chi connectivity index (χ2n) is 6.43. The van der Waals surface area contributed by atoms with Gasteiger partial charge in [0.1, 0.15) is 23.7 Å². The van der Waals surface area contributed by atoms with Crippen molar-refractivity contribution in [1.82, 2.24) is 14.9 Å². The first-order valence-corrected chi connectivity index (χ1v) is 10.8. The fraction of sp³-hybridized carbons (Fsp3) is 0.190. The summed E-state index contributed by atoms with van der Waals surface area (Å²) in [4.78, 5) is 32.5. The number of thiophene rings is 2. The lowest BCUT2D eigenvalue weighted by atomic mass is 10.2. The van der Waals surface area contributed by atoms with Crippen LogP contribution in [-0.2, 0) is 11.3 Å². The average Bonchev–Trinajstić information content (AvgIpc) is 3.35. The number of nitrogens with one attached hydrogen (secondary N) is 1. The van der Waals surface area contributed by atoms with Gasteiger partial charge in [-0.2, -0.15) is 0 Å². The predicted octanol–water partition coefficient (Wildman–Crippen LogP) is 3.69. The summed E-state index contributed by atoms with van der Waals surface area (Å²) >= 11 is 3.08. The highest BCUT2D eigenvalue weighted by Gasteiger charge is 2.15. The van der Waals surface area contributed by atoms with Crippen molar-refractivity contribution in [2.24, 2.45) is 0 Å². The second-order valence-corrected chi connectivity index (χ2v) is 8.57. The van der Waals surface area contributed by atoms with Crippen LogP contribution in [0.25, 0.3) is 20.7 Å². The number of carbonyl (C=O) groups is 1. The molecule has 4 rings (SSSR count). The topological polar surface area (TPSA) is 73.2 Å². The zero-order chi connectivity index (χ0) is 20.2. The lowest BCUT2D eigenvalue weighted by Gasteiger charge is -2.09. The Labute approximate surface area is 175 Å². The number of hydrogen-bond acceptors (Lipinski definition) is 6. The number of aryl methyl sites for hydroxylation is 1. The van der Waals surface area contributed by atoms with Crippen molar-refractivity contribution >= 4 is 38.8 Å². The van der Waals surface area contributed by atoms with Crippen LogP contribution in [0.1, 0.15) is 4.88 Å². The molecule has 0 aliphatic rings. The van der Waals surface area contributed by atoms with Crippen LogP contribution in [0.5, 0.6) is 5.75 Å². The van der Waals surface area contributed by atoms with Crippen LogP contribution >= 0.6 is 22.7 Å². The van der Waals surface area contributed by atoms with Gasteiger partial charge in [-0.3, -0.25) is 14.2 Å². The molecule has 1 amide bonds. The number of amides is 1. The maximum absolute atomic E-state index is 13.0. The molecule has 6 nitrogen and oxygen atoms in total. The smallest absolute Gasteiger partial charge is 0.263 e. The Hall–Kier alpha value is -2.97. The molecule has 0 saturated carbocycles.